The summed E-state index contributed by atoms with van der Waals surface area (Å²) in [6.45, 7) is 3.58. The number of rotatable bonds is 5. The second kappa shape index (κ2) is 6.27. The van der Waals surface area contributed by atoms with Crippen LogP contribution in [0.4, 0.5) is 5.69 Å². The zero-order valence-electron chi connectivity index (χ0n) is 10.4. The number of aryl methyl sites for hydroxylation is 1. The summed E-state index contributed by atoms with van der Waals surface area (Å²) in [5, 5.41) is 16.1. The van der Waals surface area contributed by atoms with Crippen LogP contribution in [0.3, 0.4) is 0 Å². The summed E-state index contributed by atoms with van der Waals surface area (Å²) in [4.78, 5) is 11.6. The van der Waals surface area contributed by atoms with Gasteiger partial charge in [-0.15, -0.1) is 11.3 Å². The van der Waals surface area contributed by atoms with E-state index in [1.54, 1.807) is 17.4 Å². The summed E-state index contributed by atoms with van der Waals surface area (Å²) in [6, 6.07) is 6.94. The van der Waals surface area contributed by atoms with Crippen LogP contribution in [-0.4, -0.2) is 4.92 Å². The van der Waals surface area contributed by atoms with E-state index in [-0.39, 0.29) is 5.69 Å². The van der Waals surface area contributed by atoms with Gasteiger partial charge >= 0.3 is 0 Å². The maximum absolute atomic E-state index is 10.6. The minimum atomic E-state index is -0.392. The molecule has 6 heteroatoms. The average molecular weight is 341 g/mol. The Labute approximate surface area is 123 Å². The summed E-state index contributed by atoms with van der Waals surface area (Å²) in [6.07, 6.45) is 0. The van der Waals surface area contributed by atoms with Crippen molar-refractivity contribution in [2.75, 3.05) is 0 Å². The minimum Gasteiger partial charge on any atom is -0.308 e. The number of hydrogen-bond donors (Lipinski definition) is 1. The molecule has 2 rings (SSSR count). The number of hydrogen-bond acceptors (Lipinski definition) is 4. The van der Waals surface area contributed by atoms with Crippen molar-refractivity contribution >= 4 is 33.0 Å². The Morgan fingerprint density at radius 2 is 2.16 bits per heavy atom. The second-order valence-electron chi connectivity index (χ2n) is 4.16. The maximum atomic E-state index is 10.6. The lowest BCUT2D eigenvalue weighted by molar-refractivity contribution is -0.384. The van der Waals surface area contributed by atoms with Crippen molar-refractivity contribution in [3.63, 3.8) is 0 Å². The third-order valence-corrected chi connectivity index (χ3v) is 4.58. The summed E-state index contributed by atoms with van der Waals surface area (Å²) in [5.41, 5.74) is 2.41. The molecule has 19 heavy (non-hydrogen) atoms. The Morgan fingerprint density at radius 1 is 1.37 bits per heavy atom. The topological polar surface area (TPSA) is 55.2 Å². The first-order valence-corrected chi connectivity index (χ1v) is 7.41. The lowest BCUT2D eigenvalue weighted by Gasteiger charge is -2.06. The molecule has 100 valence electrons. The largest absolute Gasteiger partial charge is 0.308 e. The van der Waals surface area contributed by atoms with Gasteiger partial charge in [0.2, 0.25) is 0 Å². The number of nitrogens with one attached hydrogen (secondary N) is 1. The molecule has 0 aliphatic rings. The van der Waals surface area contributed by atoms with Gasteiger partial charge in [0.25, 0.3) is 5.69 Å². The fourth-order valence-corrected chi connectivity index (χ4v) is 3.07. The first kappa shape index (κ1) is 14.2. The first-order chi connectivity index (χ1) is 9.08. The van der Waals surface area contributed by atoms with Crippen molar-refractivity contribution in [3.05, 3.63) is 60.2 Å². The average Bonchev–Trinajstić information content (AvgIpc) is 2.77. The Morgan fingerprint density at radius 3 is 2.74 bits per heavy atom. The van der Waals surface area contributed by atoms with Crippen molar-refractivity contribution in [2.24, 2.45) is 0 Å². The SMILES string of the molecule is Cc1ccsc1CNCc1ccc([N+](=O)[O-])cc1Br. The highest BCUT2D eigenvalue weighted by Gasteiger charge is 2.09. The molecule has 0 fully saturated rings. The van der Waals surface area contributed by atoms with Crippen LogP contribution in [0, 0.1) is 17.0 Å². The van der Waals surface area contributed by atoms with E-state index in [1.807, 2.05) is 0 Å². The molecule has 0 saturated heterocycles. The molecular formula is C13H13BrN2O2S. The standard InChI is InChI=1S/C13H13BrN2O2S/c1-9-4-5-19-13(9)8-15-7-10-2-3-11(16(17)18)6-12(10)14/h2-6,15H,7-8H2,1H3. The lowest BCUT2D eigenvalue weighted by atomic mass is 10.2. The molecular weight excluding hydrogens is 328 g/mol. The molecule has 1 heterocycles. The number of nitro benzene ring substituents is 1. The zero-order chi connectivity index (χ0) is 13.8. The van der Waals surface area contributed by atoms with Gasteiger partial charge in [0.1, 0.15) is 0 Å². The lowest BCUT2D eigenvalue weighted by Crippen LogP contribution is -2.12. The van der Waals surface area contributed by atoms with Crippen molar-refractivity contribution in [1.29, 1.82) is 0 Å². The summed E-state index contributed by atoms with van der Waals surface area (Å²) < 4.78 is 0.761. The van der Waals surface area contributed by atoms with Crippen LogP contribution in [0.25, 0.3) is 0 Å². The third kappa shape index (κ3) is 3.62. The number of nitro groups is 1. The molecule has 0 saturated carbocycles. The monoisotopic (exact) mass is 340 g/mol. The molecule has 1 aromatic heterocycles. The smallest absolute Gasteiger partial charge is 0.270 e. The molecule has 0 spiro atoms. The summed E-state index contributed by atoms with van der Waals surface area (Å²) in [5.74, 6) is 0. The van der Waals surface area contributed by atoms with Gasteiger partial charge in [-0.1, -0.05) is 15.9 Å². The highest BCUT2D eigenvalue weighted by molar-refractivity contribution is 9.10. The Bertz CT molecular complexity index is 598. The predicted octanol–water partition coefficient (Wildman–Crippen LogP) is 4.02. The van der Waals surface area contributed by atoms with E-state index in [4.69, 9.17) is 0 Å². The zero-order valence-corrected chi connectivity index (χ0v) is 12.8. The van der Waals surface area contributed by atoms with Gasteiger partial charge in [0.05, 0.1) is 4.92 Å². The van der Waals surface area contributed by atoms with Crippen LogP contribution in [0.5, 0.6) is 0 Å². The van der Waals surface area contributed by atoms with E-state index in [0.717, 1.165) is 16.6 Å². The van der Waals surface area contributed by atoms with Gasteiger partial charge in [-0.05, 0) is 35.6 Å². The van der Waals surface area contributed by atoms with Crippen LogP contribution >= 0.6 is 27.3 Å². The molecule has 0 amide bonds. The molecule has 1 aromatic carbocycles. The number of benzene rings is 1. The van der Waals surface area contributed by atoms with Crippen molar-refractivity contribution in [1.82, 2.24) is 5.32 Å². The second-order valence-corrected chi connectivity index (χ2v) is 6.02. The molecule has 0 bridgehead atoms. The highest BCUT2D eigenvalue weighted by Crippen LogP contribution is 2.23. The normalized spacial score (nSPS) is 10.6. The van der Waals surface area contributed by atoms with Crippen molar-refractivity contribution in [2.45, 2.75) is 20.0 Å². The summed E-state index contributed by atoms with van der Waals surface area (Å²) >= 11 is 5.10. The predicted molar refractivity (Wildman–Crippen MR) is 80.4 cm³/mol. The van der Waals surface area contributed by atoms with E-state index < -0.39 is 4.92 Å². The van der Waals surface area contributed by atoms with Gasteiger partial charge < -0.3 is 5.32 Å². The van der Waals surface area contributed by atoms with Crippen molar-refractivity contribution in [3.8, 4) is 0 Å². The number of halogens is 1. The quantitative estimate of drug-likeness (QED) is 0.660. The fraction of sp³-hybridized carbons (Fsp3) is 0.231. The first-order valence-electron chi connectivity index (χ1n) is 5.74. The van der Waals surface area contributed by atoms with Crippen LogP contribution in [-0.2, 0) is 13.1 Å². The van der Waals surface area contributed by atoms with Gasteiger partial charge in [0.15, 0.2) is 0 Å². The molecule has 2 aromatic rings. The van der Waals surface area contributed by atoms with Crippen LogP contribution < -0.4 is 5.32 Å². The van der Waals surface area contributed by atoms with Gasteiger partial charge in [-0.3, -0.25) is 10.1 Å². The van der Waals surface area contributed by atoms with E-state index >= 15 is 0 Å². The molecule has 0 atom stereocenters. The van der Waals surface area contributed by atoms with Gasteiger partial charge in [0, 0.05) is 34.6 Å². The van der Waals surface area contributed by atoms with Crippen LogP contribution in [0.1, 0.15) is 16.0 Å². The molecule has 0 radical (unpaired) electrons. The Balaban J connectivity index is 1.96. The molecule has 0 unspecified atom stereocenters. The highest BCUT2D eigenvalue weighted by atomic mass is 79.9. The number of thiophene rings is 1. The van der Waals surface area contributed by atoms with E-state index in [1.165, 1.54) is 22.6 Å². The maximum Gasteiger partial charge on any atom is 0.270 e. The van der Waals surface area contributed by atoms with E-state index in [2.05, 4.69) is 39.6 Å². The van der Waals surface area contributed by atoms with Gasteiger partial charge in [-0.2, -0.15) is 0 Å². The summed E-state index contributed by atoms with van der Waals surface area (Å²) in [7, 11) is 0. The molecule has 4 nitrogen and oxygen atoms in total. The molecule has 1 N–H and O–H groups in total. The number of nitrogens with zero attached hydrogens (tertiary/aromatic N) is 1. The Hall–Kier alpha value is -1.24. The number of non-ortho nitro benzene ring substituents is 1. The van der Waals surface area contributed by atoms with Gasteiger partial charge in [-0.25, -0.2) is 0 Å². The van der Waals surface area contributed by atoms with Crippen LogP contribution in [0.15, 0.2) is 34.1 Å². The Kier molecular flexibility index (Phi) is 4.68. The molecule has 0 aliphatic heterocycles. The van der Waals surface area contributed by atoms with E-state index in [0.29, 0.717) is 6.54 Å². The van der Waals surface area contributed by atoms with E-state index in [9.17, 15) is 10.1 Å². The fourth-order valence-electron chi connectivity index (χ4n) is 1.69. The van der Waals surface area contributed by atoms with Crippen molar-refractivity contribution < 1.29 is 4.92 Å². The van der Waals surface area contributed by atoms with Crippen LogP contribution in [0.2, 0.25) is 0 Å². The third-order valence-electron chi connectivity index (χ3n) is 2.82. The molecule has 0 aliphatic carbocycles. The minimum absolute atomic E-state index is 0.102.